The minimum atomic E-state index is 0.420. The number of rotatable bonds is 3. The molecule has 0 aliphatic carbocycles. The van der Waals surface area contributed by atoms with Gasteiger partial charge in [0.15, 0.2) is 0 Å². The third-order valence-electron chi connectivity index (χ3n) is 3.51. The highest BCUT2D eigenvalue weighted by Gasteiger charge is 2.29. The van der Waals surface area contributed by atoms with Crippen LogP contribution in [0.15, 0.2) is 59.5 Å². The van der Waals surface area contributed by atoms with Crippen LogP contribution in [0.1, 0.15) is 17.2 Å². The van der Waals surface area contributed by atoms with Gasteiger partial charge in [0, 0.05) is 16.2 Å². The van der Waals surface area contributed by atoms with E-state index in [1.807, 2.05) is 11.8 Å². The van der Waals surface area contributed by atoms with E-state index in [0.29, 0.717) is 11.3 Å². The smallest absolute Gasteiger partial charge is 0.0444 e. The van der Waals surface area contributed by atoms with Gasteiger partial charge in [-0.05, 0) is 30.7 Å². The van der Waals surface area contributed by atoms with Crippen molar-refractivity contribution in [3.05, 3.63) is 65.7 Å². The average Bonchev–Trinajstić information content (AvgIpc) is 2.84. The monoisotopic (exact) mass is 255 g/mol. The first-order valence-electron chi connectivity index (χ1n) is 6.35. The van der Waals surface area contributed by atoms with Crippen LogP contribution in [0.5, 0.6) is 0 Å². The van der Waals surface area contributed by atoms with Gasteiger partial charge in [0.1, 0.15) is 0 Å². The van der Waals surface area contributed by atoms with Crippen LogP contribution in [0.2, 0.25) is 0 Å². The molecule has 0 saturated carbocycles. The first kappa shape index (κ1) is 11.8. The summed E-state index contributed by atoms with van der Waals surface area (Å²) in [5, 5.41) is 4.07. The van der Waals surface area contributed by atoms with E-state index in [1.54, 1.807) is 0 Å². The molecule has 2 unspecified atom stereocenters. The predicted octanol–water partition coefficient (Wildman–Crippen LogP) is 3.66. The molecule has 1 heterocycles. The minimum absolute atomic E-state index is 0.420. The first-order chi connectivity index (χ1) is 8.88. The van der Waals surface area contributed by atoms with Gasteiger partial charge in [-0.15, -0.1) is 11.8 Å². The molecule has 0 radical (unpaired) electrons. The van der Waals surface area contributed by atoms with Crippen LogP contribution < -0.4 is 5.32 Å². The third-order valence-corrected chi connectivity index (χ3v) is 4.91. The normalized spacial score (nSPS) is 19.5. The lowest BCUT2D eigenvalue weighted by Crippen LogP contribution is -2.26. The average molecular weight is 255 g/mol. The fourth-order valence-electron chi connectivity index (χ4n) is 2.62. The zero-order chi connectivity index (χ0) is 12.4. The van der Waals surface area contributed by atoms with Crippen LogP contribution in [-0.2, 0) is 6.42 Å². The highest BCUT2D eigenvalue weighted by Crippen LogP contribution is 2.42. The Morgan fingerprint density at radius 1 is 1.06 bits per heavy atom. The Bertz CT molecular complexity index is 499. The van der Waals surface area contributed by atoms with Gasteiger partial charge in [-0.25, -0.2) is 0 Å². The molecule has 1 N–H and O–H groups in total. The van der Waals surface area contributed by atoms with Gasteiger partial charge in [-0.3, -0.25) is 0 Å². The molecule has 2 aromatic rings. The van der Waals surface area contributed by atoms with E-state index in [2.05, 4.69) is 67.0 Å². The van der Waals surface area contributed by atoms with E-state index in [9.17, 15) is 0 Å². The number of thioether (sulfide) groups is 1. The molecule has 2 atom stereocenters. The van der Waals surface area contributed by atoms with Crippen molar-refractivity contribution >= 4 is 11.8 Å². The molecular weight excluding hydrogens is 238 g/mol. The molecule has 3 rings (SSSR count). The first-order valence-corrected chi connectivity index (χ1v) is 7.23. The molecule has 1 nitrogen and oxygen atoms in total. The lowest BCUT2D eigenvalue weighted by Gasteiger charge is -2.22. The maximum absolute atomic E-state index is 3.47. The molecule has 0 fully saturated rings. The van der Waals surface area contributed by atoms with Gasteiger partial charge in [0.2, 0.25) is 0 Å². The SMILES string of the molecule is CNC(c1ccccc1)C1Cc2ccccc2S1. The zero-order valence-electron chi connectivity index (χ0n) is 10.5. The summed E-state index contributed by atoms with van der Waals surface area (Å²) in [6, 6.07) is 19.9. The second-order valence-corrected chi connectivity index (χ2v) is 5.93. The molecule has 2 aromatic carbocycles. The fraction of sp³-hybridized carbons (Fsp3) is 0.250. The Hall–Kier alpha value is -1.25. The minimum Gasteiger partial charge on any atom is -0.312 e. The number of hydrogen-bond acceptors (Lipinski definition) is 2. The Morgan fingerprint density at radius 3 is 2.50 bits per heavy atom. The zero-order valence-corrected chi connectivity index (χ0v) is 11.3. The Morgan fingerprint density at radius 2 is 1.78 bits per heavy atom. The van der Waals surface area contributed by atoms with Gasteiger partial charge in [0.25, 0.3) is 0 Å². The molecule has 92 valence electrons. The lowest BCUT2D eigenvalue weighted by atomic mass is 9.99. The molecule has 0 amide bonds. The van der Waals surface area contributed by atoms with Crippen LogP contribution in [-0.4, -0.2) is 12.3 Å². The number of fused-ring (bicyclic) bond motifs is 1. The summed E-state index contributed by atoms with van der Waals surface area (Å²) in [4.78, 5) is 1.44. The van der Waals surface area contributed by atoms with Gasteiger partial charge < -0.3 is 5.32 Å². The molecular formula is C16H17NS. The van der Waals surface area contributed by atoms with Gasteiger partial charge >= 0.3 is 0 Å². The van der Waals surface area contributed by atoms with Crippen LogP contribution in [0.4, 0.5) is 0 Å². The summed E-state index contributed by atoms with van der Waals surface area (Å²) >= 11 is 2.00. The maximum Gasteiger partial charge on any atom is 0.0444 e. The lowest BCUT2D eigenvalue weighted by molar-refractivity contribution is 0.568. The third kappa shape index (κ3) is 2.18. The number of hydrogen-bond donors (Lipinski definition) is 1. The maximum atomic E-state index is 3.47. The molecule has 0 saturated heterocycles. The van der Waals surface area contributed by atoms with Crippen LogP contribution in [0.3, 0.4) is 0 Å². The van der Waals surface area contributed by atoms with E-state index in [4.69, 9.17) is 0 Å². The van der Waals surface area contributed by atoms with Crippen molar-refractivity contribution < 1.29 is 0 Å². The van der Waals surface area contributed by atoms with E-state index in [-0.39, 0.29) is 0 Å². The Kier molecular flexibility index (Phi) is 3.39. The second kappa shape index (κ2) is 5.17. The fourth-order valence-corrected chi connectivity index (χ4v) is 4.10. The largest absolute Gasteiger partial charge is 0.312 e. The van der Waals surface area contributed by atoms with Gasteiger partial charge in [-0.2, -0.15) is 0 Å². The predicted molar refractivity (Wildman–Crippen MR) is 78.0 cm³/mol. The summed E-state index contributed by atoms with van der Waals surface area (Å²) in [5.41, 5.74) is 2.87. The molecule has 1 aliphatic rings. The summed E-state index contributed by atoms with van der Waals surface area (Å²) in [6.07, 6.45) is 1.15. The molecule has 0 bridgehead atoms. The number of benzene rings is 2. The quantitative estimate of drug-likeness (QED) is 0.898. The van der Waals surface area contributed by atoms with Crippen molar-refractivity contribution in [2.75, 3.05) is 7.05 Å². The van der Waals surface area contributed by atoms with Crippen molar-refractivity contribution in [3.8, 4) is 0 Å². The van der Waals surface area contributed by atoms with Crippen molar-refractivity contribution in [1.82, 2.24) is 5.32 Å². The van der Waals surface area contributed by atoms with Crippen molar-refractivity contribution in [2.45, 2.75) is 22.6 Å². The van der Waals surface area contributed by atoms with Gasteiger partial charge in [-0.1, -0.05) is 48.5 Å². The van der Waals surface area contributed by atoms with Crippen molar-refractivity contribution in [3.63, 3.8) is 0 Å². The van der Waals surface area contributed by atoms with E-state index >= 15 is 0 Å². The van der Waals surface area contributed by atoms with Crippen LogP contribution in [0.25, 0.3) is 0 Å². The second-order valence-electron chi connectivity index (χ2n) is 4.65. The Labute approximate surface area is 113 Å². The number of nitrogens with one attached hydrogen (secondary N) is 1. The highest BCUT2D eigenvalue weighted by atomic mass is 32.2. The Balaban J connectivity index is 1.84. The van der Waals surface area contributed by atoms with E-state index in [1.165, 1.54) is 16.0 Å². The molecule has 0 spiro atoms. The topological polar surface area (TPSA) is 12.0 Å². The van der Waals surface area contributed by atoms with E-state index in [0.717, 1.165) is 6.42 Å². The summed E-state index contributed by atoms with van der Waals surface area (Å²) < 4.78 is 0. The molecule has 2 heteroatoms. The van der Waals surface area contributed by atoms with E-state index < -0.39 is 0 Å². The molecule has 1 aliphatic heterocycles. The van der Waals surface area contributed by atoms with Crippen molar-refractivity contribution in [1.29, 1.82) is 0 Å². The van der Waals surface area contributed by atoms with Gasteiger partial charge in [0.05, 0.1) is 0 Å². The summed E-state index contributed by atoms with van der Waals surface area (Å²) in [5.74, 6) is 0. The summed E-state index contributed by atoms with van der Waals surface area (Å²) in [6.45, 7) is 0. The van der Waals surface area contributed by atoms with Crippen LogP contribution >= 0.6 is 11.8 Å². The van der Waals surface area contributed by atoms with Crippen molar-refractivity contribution in [2.24, 2.45) is 0 Å². The summed E-state index contributed by atoms with van der Waals surface area (Å²) in [7, 11) is 2.06. The van der Waals surface area contributed by atoms with Crippen LogP contribution in [0, 0.1) is 0 Å². The standard InChI is InChI=1S/C16H17NS/c1-17-16(12-7-3-2-4-8-12)15-11-13-9-5-6-10-14(13)18-15/h2-10,15-17H,11H2,1H3. The highest BCUT2D eigenvalue weighted by molar-refractivity contribution is 8.00. The molecule has 18 heavy (non-hydrogen) atoms. The molecule has 0 aromatic heterocycles.